The molecule has 0 radical (unpaired) electrons. The van der Waals surface area contributed by atoms with Crippen LogP contribution >= 0.6 is 22.6 Å². The predicted octanol–water partition coefficient (Wildman–Crippen LogP) is 1.47. The molecule has 2 heterocycles. The van der Waals surface area contributed by atoms with Crippen molar-refractivity contribution in [2.45, 2.75) is 6.42 Å². The van der Waals surface area contributed by atoms with Gasteiger partial charge in [0.25, 0.3) is 0 Å². The first-order valence-corrected chi connectivity index (χ1v) is 5.11. The first-order chi connectivity index (χ1) is 6.29. The number of nitrogens with zero attached hydrogens (tertiary/aromatic N) is 2. The number of halogens is 1. The molecule has 0 aromatic carbocycles. The number of rotatable bonds is 2. The summed E-state index contributed by atoms with van der Waals surface area (Å²) in [7, 11) is 0. The first kappa shape index (κ1) is 8.96. The summed E-state index contributed by atoms with van der Waals surface area (Å²) < 4.78 is 3.14. The van der Waals surface area contributed by atoms with E-state index in [2.05, 4.69) is 27.6 Å². The van der Waals surface area contributed by atoms with Crippen molar-refractivity contribution in [2.75, 3.05) is 6.61 Å². The van der Waals surface area contributed by atoms with Crippen LogP contribution in [-0.4, -0.2) is 21.1 Å². The minimum absolute atomic E-state index is 0.154. The van der Waals surface area contributed by atoms with Gasteiger partial charge in [-0.2, -0.15) is 0 Å². The SMILES string of the molecule is OCCc1cn2ccc(I)cc2n1. The first-order valence-electron chi connectivity index (χ1n) is 4.03. The van der Waals surface area contributed by atoms with Crippen LogP contribution in [0.3, 0.4) is 0 Å². The second-order valence-electron chi connectivity index (χ2n) is 2.82. The van der Waals surface area contributed by atoms with E-state index in [1.165, 1.54) is 3.57 Å². The fraction of sp³-hybridized carbons (Fsp3) is 0.222. The Bertz CT molecular complexity index is 424. The molecule has 0 amide bonds. The maximum Gasteiger partial charge on any atom is 0.138 e. The lowest BCUT2D eigenvalue weighted by molar-refractivity contribution is 0.298. The molecule has 0 spiro atoms. The standard InChI is InChI=1S/C9H9IN2O/c10-7-1-3-12-6-8(2-4-13)11-9(12)5-7/h1,3,5-6,13H,2,4H2. The van der Waals surface area contributed by atoms with Crippen molar-refractivity contribution in [3.8, 4) is 0 Å². The smallest absolute Gasteiger partial charge is 0.138 e. The van der Waals surface area contributed by atoms with E-state index in [1.807, 2.05) is 28.9 Å². The summed E-state index contributed by atoms with van der Waals surface area (Å²) in [5.74, 6) is 0. The Kier molecular flexibility index (Phi) is 2.50. The largest absolute Gasteiger partial charge is 0.396 e. The summed E-state index contributed by atoms with van der Waals surface area (Å²) >= 11 is 2.26. The molecule has 0 aliphatic carbocycles. The van der Waals surface area contributed by atoms with Gasteiger partial charge in [-0.3, -0.25) is 0 Å². The number of aliphatic hydroxyl groups is 1. The molecule has 0 atom stereocenters. The maximum absolute atomic E-state index is 8.75. The number of hydrogen-bond donors (Lipinski definition) is 1. The van der Waals surface area contributed by atoms with Gasteiger partial charge in [-0.05, 0) is 34.7 Å². The zero-order valence-corrected chi connectivity index (χ0v) is 9.10. The molecule has 0 aliphatic rings. The monoisotopic (exact) mass is 288 g/mol. The van der Waals surface area contributed by atoms with E-state index in [-0.39, 0.29) is 6.61 Å². The highest BCUT2D eigenvalue weighted by Crippen LogP contribution is 2.10. The number of aromatic nitrogens is 2. The Morgan fingerprint density at radius 2 is 2.38 bits per heavy atom. The van der Waals surface area contributed by atoms with Crippen molar-refractivity contribution in [2.24, 2.45) is 0 Å². The molecule has 3 nitrogen and oxygen atoms in total. The van der Waals surface area contributed by atoms with Gasteiger partial charge >= 0.3 is 0 Å². The third kappa shape index (κ3) is 1.83. The van der Waals surface area contributed by atoms with Gasteiger partial charge in [0.15, 0.2) is 0 Å². The topological polar surface area (TPSA) is 37.5 Å². The molecular weight excluding hydrogens is 279 g/mol. The fourth-order valence-electron chi connectivity index (χ4n) is 1.24. The second kappa shape index (κ2) is 3.63. The minimum atomic E-state index is 0.154. The van der Waals surface area contributed by atoms with Crippen molar-refractivity contribution >= 4 is 28.2 Å². The Morgan fingerprint density at radius 1 is 1.54 bits per heavy atom. The second-order valence-corrected chi connectivity index (χ2v) is 4.06. The van der Waals surface area contributed by atoms with Gasteiger partial charge in [0.2, 0.25) is 0 Å². The highest BCUT2D eigenvalue weighted by molar-refractivity contribution is 14.1. The maximum atomic E-state index is 8.75. The lowest BCUT2D eigenvalue weighted by Gasteiger charge is -1.91. The van der Waals surface area contributed by atoms with E-state index >= 15 is 0 Å². The number of aliphatic hydroxyl groups excluding tert-OH is 1. The van der Waals surface area contributed by atoms with Crippen LogP contribution in [-0.2, 0) is 6.42 Å². The lowest BCUT2D eigenvalue weighted by Crippen LogP contribution is -1.89. The average molecular weight is 288 g/mol. The quantitative estimate of drug-likeness (QED) is 0.850. The highest BCUT2D eigenvalue weighted by atomic mass is 127. The fourth-order valence-corrected chi connectivity index (χ4v) is 1.68. The molecule has 68 valence electrons. The molecule has 0 bridgehead atoms. The van der Waals surface area contributed by atoms with Crippen LogP contribution in [0.15, 0.2) is 24.5 Å². The number of imidazole rings is 1. The molecule has 4 heteroatoms. The Labute approximate surface area is 89.6 Å². The molecule has 2 aromatic heterocycles. The van der Waals surface area contributed by atoms with Crippen molar-refractivity contribution in [1.29, 1.82) is 0 Å². The molecule has 13 heavy (non-hydrogen) atoms. The predicted molar refractivity (Wildman–Crippen MR) is 58.7 cm³/mol. The van der Waals surface area contributed by atoms with E-state index < -0.39 is 0 Å². The van der Waals surface area contributed by atoms with Crippen LogP contribution in [0.2, 0.25) is 0 Å². The zero-order chi connectivity index (χ0) is 9.26. The molecule has 0 aliphatic heterocycles. The number of hydrogen-bond acceptors (Lipinski definition) is 2. The van der Waals surface area contributed by atoms with Crippen molar-refractivity contribution in [3.05, 3.63) is 33.8 Å². The summed E-state index contributed by atoms with van der Waals surface area (Å²) in [5.41, 5.74) is 1.87. The van der Waals surface area contributed by atoms with Gasteiger partial charge in [-0.15, -0.1) is 0 Å². The Morgan fingerprint density at radius 3 is 3.15 bits per heavy atom. The van der Waals surface area contributed by atoms with E-state index in [0.717, 1.165) is 11.3 Å². The van der Waals surface area contributed by atoms with E-state index in [0.29, 0.717) is 6.42 Å². The van der Waals surface area contributed by atoms with E-state index in [1.54, 1.807) is 0 Å². The summed E-state index contributed by atoms with van der Waals surface area (Å²) in [4.78, 5) is 4.36. The molecule has 1 N–H and O–H groups in total. The molecule has 0 unspecified atom stereocenters. The molecule has 0 saturated heterocycles. The third-order valence-corrected chi connectivity index (χ3v) is 2.51. The van der Waals surface area contributed by atoms with Gasteiger partial charge < -0.3 is 9.51 Å². The van der Waals surface area contributed by atoms with Crippen LogP contribution in [0.4, 0.5) is 0 Å². The Balaban J connectivity index is 2.49. The third-order valence-electron chi connectivity index (χ3n) is 1.84. The number of pyridine rings is 1. The summed E-state index contributed by atoms with van der Waals surface area (Å²) in [6.07, 6.45) is 4.55. The van der Waals surface area contributed by atoms with Gasteiger partial charge in [0, 0.05) is 29.0 Å². The average Bonchev–Trinajstić information content (AvgIpc) is 2.46. The van der Waals surface area contributed by atoms with Crippen LogP contribution in [0.1, 0.15) is 5.69 Å². The summed E-state index contributed by atoms with van der Waals surface area (Å²) in [6.45, 7) is 0.154. The van der Waals surface area contributed by atoms with Gasteiger partial charge in [-0.25, -0.2) is 4.98 Å². The van der Waals surface area contributed by atoms with E-state index in [4.69, 9.17) is 5.11 Å². The molecule has 2 aromatic rings. The van der Waals surface area contributed by atoms with Crippen molar-refractivity contribution in [1.82, 2.24) is 9.38 Å². The van der Waals surface area contributed by atoms with Gasteiger partial charge in [0.05, 0.1) is 5.69 Å². The van der Waals surface area contributed by atoms with Gasteiger partial charge in [-0.1, -0.05) is 0 Å². The van der Waals surface area contributed by atoms with Crippen molar-refractivity contribution < 1.29 is 5.11 Å². The minimum Gasteiger partial charge on any atom is -0.396 e. The molecule has 0 fully saturated rings. The normalized spacial score (nSPS) is 10.9. The van der Waals surface area contributed by atoms with E-state index in [9.17, 15) is 0 Å². The Hall–Kier alpha value is -0.620. The van der Waals surface area contributed by atoms with Gasteiger partial charge in [0.1, 0.15) is 5.65 Å². The zero-order valence-electron chi connectivity index (χ0n) is 6.94. The summed E-state index contributed by atoms with van der Waals surface area (Å²) in [6, 6.07) is 4.04. The molecule has 0 saturated carbocycles. The lowest BCUT2D eigenvalue weighted by atomic mass is 10.4. The molecular formula is C9H9IN2O. The number of fused-ring (bicyclic) bond motifs is 1. The van der Waals surface area contributed by atoms with Crippen LogP contribution in [0.5, 0.6) is 0 Å². The molecule has 2 rings (SSSR count). The summed E-state index contributed by atoms with van der Waals surface area (Å²) in [5, 5.41) is 8.75. The van der Waals surface area contributed by atoms with Crippen LogP contribution < -0.4 is 0 Å². The highest BCUT2D eigenvalue weighted by Gasteiger charge is 2.00. The van der Waals surface area contributed by atoms with Crippen molar-refractivity contribution in [3.63, 3.8) is 0 Å². The van der Waals surface area contributed by atoms with Crippen LogP contribution in [0.25, 0.3) is 5.65 Å². The van der Waals surface area contributed by atoms with Crippen LogP contribution in [0, 0.1) is 3.57 Å².